The molecule has 4 heteroatoms. The average molecular weight is 239 g/mol. The molecule has 0 bridgehead atoms. The molecule has 92 valence electrons. The highest BCUT2D eigenvalue weighted by atomic mass is 19.3. The molecule has 0 aliphatic carbocycles. The SMILES string of the molecule is CC(=O)c1ccc2c(c1)CCCN2CC(F)F. The predicted octanol–water partition coefficient (Wildman–Crippen LogP) is 2.91. The number of ketones is 1. The number of halogens is 2. The van der Waals surface area contributed by atoms with Crippen LogP contribution in [-0.2, 0) is 6.42 Å². The Balaban J connectivity index is 2.30. The number of carbonyl (C=O) groups excluding carboxylic acids is 1. The topological polar surface area (TPSA) is 20.3 Å². The first-order chi connectivity index (χ1) is 8.08. The average Bonchev–Trinajstić information content (AvgIpc) is 2.28. The third-order valence-electron chi connectivity index (χ3n) is 3.06. The fourth-order valence-electron chi connectivity index (χ4n) is 2.25. The zero-order chi connectivity index (χ0) is 12.4. The molecular formula is C13H15F2NO. The molecule has 0 spiro atoms. The van der Waals surface area contributed by atoms with Gasteiger partial charge in [0.2, 0.25) is 0 Å². The van der Waals surface area contributed by atoms with Crippen molar-refractivity contribution in [3.8, 4) is 0 Å². The van der Waals surface area contributed by atoms with E-state index in [4.69, 9.17) is 0 Å². The zero-order valence-corrected chi connectivity index (χ0v) is 9.75. The molecule has 0 amide bonds. The number of carbonyl (C=O) groups is 1. The normalized spacial score (nSPS) is 14.9. The fraction of sp³-hybridized carbons (Fsp3) is 0.462. The Kier molecular flexibility index (Phi) is 3.41. The number of hydrogen-bond donors (Lipinski definition) is 0. The molecular weight excluding hydrogens is 224 g/mol. The van der Waals surface area contributed by atoms with Gasteiger partial charge < -0.3 is 4.90 Å². The highest BCUT2D eigenvalue weighted by molar-refractivity contribution is 5.94. The molecule has 0 N–H and O–H groups in total. The van der Waals surface area contributed by atoms with E-state index in [0.29, 0.717) is 12.1 Å². The summed E-state index contributed by atoms with van der Waals surface area (Å²) in [5.74, 6) is 0.0128. The molecule has 0 saturated heterocycles. The molecule has 0 atom stereocenters. The number of benzene rings is 1. The number of nitrogens with zero attached hydrogens (tertiary/aromatic N) is 1. The van der Waals surface area contributed by atoms with E-state index in [0.717, 1.165) is 24.1 Å². The molecule has 17 heavy (non-hydrogen) atoms. The van der Waals surface area contributed by atoms with Gasteiger partial charge in [0.1, 0.15) is 0 Å². The van der Waals surface area contributed by atoms with Crippen molar-refractivity contribution >= 4 is 11.5 Å². The van der Waals surface area contributed by atoms with Crippen LogP contribution in [0, 0.1) is 0 Å². The maximum Gasteiger partial charge on any atom is 0.255 e. The smallest absolute Gasteiger partial charge is 0.255 e. The van der Waals surface area contributed by atoms with Gasteiger partial charge >= 0.3 is 0 Å². The van der Waals surface area contributed by atoms with Gasteiger partial charge in [0.25, 0.3) is 6.43 Å². The van der Waals surface area contributed by atoms with Crippen molar-refractivity contribution in [1.82, 2.24) is 0 Å². The quantitative estimate of drug-likeness (QED) is 0.756. The van der Waals surface area contributed by atoms with Gasteiger partial charge in [-0.15, -0.1) is 0 Å². The molecule has 0 saturated carbocycles. The van der Waals surface area contributed by atoms with Crippen LogP contribution >= 0.6 is 0 Å². The van der Waals surface area contributed by atoms with E-state index in [1.807, 2.05) is 6.07 Å². The van der Waals surface area contributed by atoms with Crippen molar-refractivity contribution in [3.05, 3.63) is 29.3 Å². The number of anilines is 1. The maximum atomic E-state index is 12.4. The lowest BCUT2D eigenvalue weighted by atomic mass is 9.98. The summed E-state index contributed by atoms with van der Waals surface area (Å²) in [7, 11) is 0. The first kappa shape index (κ1) is 12.0. The van der Waals surface area contributed by atoms with E-state index >= 15 is 0 Å². The summed E-state index contributed by atoms with van der Waals surface area (Å²) in [4.78, 5) is 13.0. The molecule has 1 aliphatic heterocycles. The van der Waals surface area contributed by atoms with Gasteiger partial charge in [0.15, 0.2) is 5.78 Å². The molecule has 1 aliphatic rings. The van der Waals surface area contributed by atoms with Crippen LogP contribution < -0.4 is 4.90 Å². The first-order valence-electron chi connectivity index (χ1n) is 5.75. The Morgan fingerprint density at radius 2 is 2.24 bits per heavy atom. The van der Waals surface area contributed by atoms with E-state index < -0.39 is 6.43 Å². The van der Waals surface area contributed by atoms with Gasteiger partial charge in [-0.3, -0.25) is 4.79 Å². The van der Waals surface area contributed by atoms with Crippen molar-refractivity contribution in [3.63, 3.8) is 0 Å². The number of rotatable bonds is 3. The van der Waals surface area contributed by atoms with Gasteiger partial charge in [-0.05, 0) is 43.5 Å². The van der Waals surface area contributed by atoms with Crippen LogP contribution in [0.25, 0.3) is 0 Å². The lowest BCUT2D eigenvalue weighted by Gasteiger charge is -2.31. The summed E-state index contributed by atoms with van der Waals surface area (Å²) in [5.41, 5.74) is 2.51. The third-order valence-corrected chi connectivity index (χ3v) is 3.06. The van der Waals surface area contributed by atoms with Crippen molar-refractivity contribution in [2.24, 2.45) is 0 Å². The van der Waals surface area contributed by atoms with Crippen LogP contribution in [0.1, 0.15) is 29.3 Å². The van der Waals surface area contributed by atoms with Crippen LogP contribution in [0.15, 0.2) is 18.2 Å². The number of Topliss-reactive ketones (excluding diaryl/α,β-unsaturated/α-hetero) is 1. The Morgan fingerprint density at radius 3 is 2.88 bits per heavy atom. The van der Waals surface area contributed by atoms with Crippen molar-refractivity contribution < 1.29 is 13.6 Å². The van der Waals surface area contributed by atoms with Crippen LogP contribution in [0.4, 0.5) is 14.5 Å². The molecule has 0 unspecified atom stereocenters. The minimum atomic E-state index is -2.33. The second-order valence-electron chi connectivity index (χ2n) is 4.34. The van der Waals surface area contributed by atoms with Gasteiger partial charge in [0, 0.05) is 17.8 Å². The molecule has 0 radical (unpaired) electrons. The van der Waals surface area contributed by atoms with E-state index in [9.17, 15) is 13.6 Å². The first-order valence-corrected chi connectivity index (χ1v) is 5.75. The summed E-state index contributed by atoms with van der Waals surface area (Å²) in [5, 5.41) is 0. The largest absolute Gasteiger partial charge is 0.366 e. The lowest BCUT2D eigenvalue weighted by Crippen LogP contribution is -2.33. The minimum Gasteiger partial charge on any atom is -0.366 e. The van der Waals surface area contributed by atoms with Gasteiger partial charge in [0.05, 0.1) is 6.54 Å². The summed E-state index contributed by atoms with van der Waals surface area (Å²) >= 11 is 0. The molecule has 2 rings (SSSR count). The molecule has 1 aromatic carbocycles. The van der Waals surface area contributed by atoms with Crippen LogP contribution in [0.3, 0.4) is 0 Å². The third kappa shape index (κ3) is 2.62. The Hall–Kier alpha value is -1.45. The highest BCUT2D eigenvalue weighted by Crippen LogP contribution is 2.28. The van der Waals surface area contributed by atoms with Crippen LogP contribution in [0.5, 0.6) is 0 Å². The molecule has 2 nitrogen and oxygen atoms in total. The Bertz CT molecular complexity index is 431. The maximum absolute atomic E-state index is 12.4. The monoisotopic (exact) mass is 239 g/mol. The number of hydrogen-bond acceptors (Lipinski definition) is 2. The second kappa shape index (κ2) is 4.82. The van der Waals surface area contributed by atoms with Crippen molar-refractivity contribution in [2.75, 3.05) is 18.0 Å². The molecule has 0 fully saturated rings. The summed E-state index contributed by atoms with van der Waals surface area (Å²) in [6.45, 7) is 1.95. The van der Waals surface area contributed by atoms with E-state index in [2.05, 4.69) is 0 Å². The predicted molar refractivity (Wildman–Crippen MR) is 63.0 cm³/mol. The molecule has 1 heterocycles. The summed E-state index contributed by atoms with van der Waals surface area (Å²) in [6.07, 6.45) is -0.606. The van der Waals surface area contributed by atoms with E-state index in [1.54, 1.807) is 17.0 Å². The number of alkyl halides is 2. The Labute approximate surface area is 99.2 Å². The lowest BCUT2D eigenvalue weighted by molar-refractivity contribution is 0.101. The van der Waals surface area contributed by atoms with Crippen molar-refractivity contribution in [1.29, 1.82) is 0 Å². The molecule has 1 aromatic rings. The van der Waals surface area contributed by atoms with Gasteiger partial charge in [-0.2, -0.15) is 0 Å². The van der Waals surface area contributed by atoms with E-state index in [1.165, 1.54) is 6.92 Å². The number of aryl methyl sites for hydroxylation is 1. The van der Waals surface area contributed by atoms with Gasteiger partial charge in [-0.25, -0.2) is 8.78 Å². The summed E-state index contributed by atoms with van der Waals surface area (Å²) < 4.78 is 24.9. The number of fused-ring (bicyclic) bond motifs is 1. The van der Waals surface area contributed by atoms with Crippen molar-refractivity contribution in [2.45, 2.75) is 26.2 Å². The van der Waals surface area contributed by atoms with Crippen LogP contribution in [0.2, 0.25) is 0 Å². The van der Waals surface area contributed by atoms with E-state index in [-0.39, 0.29) is 12.3 Å². The second-order valence-corrected chi connectivity index (χ2v) is 4.34. The highest BCUT2D eigenvalue weighted by Gasteiger charge is 2.20. The Morgan fingerprint density at radius 1 is 1.47 bits per heavy atom. The zero-order valence-electron chi connectivity index (χ0n) is 9.75. The standard InChI is InChI=1S/C13H15F2NO/c1-9(17)10-4-5-12-11(7-10)3-2-6-16(12)8-13(14)15/h4-5,7,13H,2-3,6,8H2,1H3. The van der Waals surface area contributed by atoms with Gasteiger partial charge in [-0.1, -0.05) is 0 Å². The fourth-order valence-corrected chi connectivity index (χ4v) is 2.25. The van der Waals surface area contributed by atoms with Crippen LogP contribution in [-0.4, -0.2) is 25.3 Å². The molecule has 0 aromatic heterocycles. The minimum absolute atomic E-state index is 0.0128. The summed E-state index contributed by atoms with van der Waals surface area (Å²) in [6, 6.07) is 5.33.